The van der Waals surface area contributed by atoms with Crippen molar-refractivity contribution < 1.29 is 9.85 Å². The molecule has 0 spiro atoms. The van der Waals surface area contributed by atoms with Gasteiger partial charge in [-0.15, -0.1) is 11.8 Å². The number of nitro groups is 2. The average molecular weight is 350 g/mol. The van der Waals surface area contributed by atoms with Crippen LogP contribution in [0.1, 0.15) is 17.0 Å². The molecule has 24 heavy (non-hydrogen) atoms. The number of nitrogens with zero attached hydrogens (tertiary/aromatic N) is 3. The average Bonchev–Trinajstić information content (AvgIpc) is 2.54. The zero-order chi connectivity index (χ0) is 18.0. The van der Waals surface area contributed by atoms with E-state index in [1.807, 2.05) is 6.92 Å². The Hall–Kier alpha value is -2.55. The van der Waals surface area contributed by atoms with Crippen molar-refractivity contribution in [3.8, 4) is 0 Å². The van der Waals surface area contributed by atoms with Crippen LogP contribution in [0.15, 0.2) is 46.5 Å². The SMILES string of the molecule is CNC1=C([N+](=O)[O-])[C@H](c2ccc(C)cc2)C([N+](=O)[O-])=C(SC)N1C. The van der Waals surface area contributed by atoms with Crippen molar-refractivity contribution in [1.82, 2.24) is 10.2 Å². The van der Waals surface area contributed by atoms with Gasteiger partial charge in [0, 0.05) is 14.1 Å². The molecule has 0 unspecified atom stereocenters. The van der Waals surface area contributed by atoms with Gasteiger partial charge in [-0.25, -0.2) is 0 Å². The largest absolute Gasteiger partial charge is 0.369 e. The maximum atomic E-state index is 11.7. The smallest absolute Gasteiger partial charge is 0.304 e. The quantitative estimate of drug-likeness (QED) is 0.643. The summed E-state index contributed by atoms with van der Waals surface area (Å²) in [5.41, 5.74) is 1.09. The van der Waals surface area contributed by atoms with Gasteiger partial charge in [-0.1, -0.05) is 29.8 Å². The lowest BCUT2D eigenvalue weighted by atomic mass is 9.90. The van der Waals surface area contributed by atoms with Crippen molar-refractivity contribution in [2.75, 3.05) is 20.4 Å². The van der Waals surface area contributed by atoms with Gasteiger partial charge in [-0.05, 0) is 18.7 Å². The van der Waals surface area contributed by atoms with Gasteiger partial charge in [0.1, 0.15) is 0 Å². The second kappa shape index (κ2) is 6.91. The molecule has 0 bridgehead atoms. The van der Waals surface area contributed by atoms with Crippen LogP contribution in [0.3, 0.4) is 0 Å². The van der Waals surface area contributed by atoms with Crippen LogP contribution in [0, 0.1) is 27.2 Å². The third kappa shape index (κ3) is 2.94. The van der Waals surface area contributed by atoms with Gasteiger partial charge in [0.25, 0.3) is 5.70 Å². The molecule has 128 valence electrons. The number of nitrogens with one attached hydrogen (secondary N) is 1. The standard InChI is InChI=1S/C15H18N4O4S/c1-9-5-7-10(8-6-9)11-12(18(20)21)14(16-2)17(3)15(24-4)13(11)19(22)23/h5-8,11,16H,1-4H3/t11-/m0/s1. The molecule has 9 heteroatoms. The number of thioether (sulfide) groups is 1. The van der Waals surface area contributed by atoms with Gasteiger partial charge in [-0.2, -0.15) is 0 Å². The van der Waals surface area contributed by atoms with E-state index >= 15 is 0 Å². The lowest BCUT2D eigenvalue weighted by Crippen LogP contribution is -2.37. The summed E-state index contributed by atoms with van der Waals surface area (Å²) in [6.45, 7) is 1.89. The molecule has 1 atom stereocenters. The third-order valence-electron chi connectivity index (χ3n) is 3.88. The highest BCUT2D eigenvalue weighted by Gasteiger charge is 2.48. The molecule has 0 amide bonds. The van der Waals surface area contributed by atoms with Crippen LogP contribution in [-0.2, 0) is 0 Å². The first-order valence-corrected chi connectivity index (χ1v) is 8.35. The van der Waals surface area contributed by atoms with Gasteiger partial charge < -0.3 is 10.2 Å². The minimum Gasteiger partial charge on any atom is -0.369 e. The van der Waals surface area contributed by atoms with Crippen LogP contribution in [0.25, 0.3) is 0 Å². The van der Waals surface area contributed by atoms with Crippen molar-refractivity contribution in [2.45, 2.75) is 12.8 Å². The highest BCUT2D eigenvalue weighted by molar-refractivity contribution is 8.02. The van der Waals surface area contributed by atoms with E-state index in [1.54, 1.807) is 44.6 Å². The first kappa shape index (κ1) is 17.8. The lowest BCUT2D eigenvalue weighted by molar-refractivity contribution is -0.458. The van der Waals surface area contributed by atoms with E-state index in [4.69, 9.17) is 0 Å². The molecule has 2 rings (SSSR count). The zero-order valence-electron chi connectivity index (χ0n) is 13.8. The van der Waals surface area contributed by atoms with Crippen molar-refractivity contribution in [3.63, 3.8) is 0 Å². The Morgan fingerprint density at radius 3 is 2.08 bits per heavy atom. The molecule has 0 saturated heterocycles. The Morgan fingerprint density at radius 1 is 1.12 bits per heavy atom. The fourth-order valence-electron chi connectivity index (χ4n) is 2.82. The van der Waals surface area contributed by atoms with E-state index in [9.17, 15) is 20.2 Å². The predicted molar refractivity (Wildman–Crippen MR) is 92.3 cm³/mol. The molecular weight excluding hydrogens is 332 g/mol. The summed E-state index contributed by atoms with van der Waals surface area (Å²) in [5, 5.41) is 26.6. The summed E-state index contributed by atoms with van der Waals surface area (Å²) in [6.07, 6.45) is 1.71. The highest BCUT2D eigenvalue weighted by Crippen LogP contribution is 2.43. The highest BCUT2D eigenvalue weighted by atomic mass is 32.2. The number of rotatable bonds is 5. The lowest BCUT2D eigenvalue weighted by Gasteiger charge is -2.30. The molecule has 1 aliphatic rings. The van der Waals surface area contributed by atoms with Crippen molar-refractivity contribution in [3.05, 3.63) is 77.9 Å². The molecule has 1 N–H and O–H groups in total. The van der Waals surface area contributed by atoms with Gasteiger partial charge in [0.05, 0.1) is 9.85 Å². The minimum absolute atomic E-state index is 0.181. The van der Waals surface area contributed by atoms with E-state index in [2.05, 4.69) is 5.32 Å². The Bertz CT molecular complexity index is 702. The summed E-state index contributed by atoms with van der Waals surface area (Å²) in [5.74, 6) is -0.794. The van der Waals surface area contributed by atoms with Gasteiger partial charge in [0.15, 0.2) is 16.8 Å². The molecule has 1 aromatic rings. The number of aryl methyl sites for hydroxylation is 1. The minimum atomic E-state index is -1.04. The fourth-order valence-corrected chi connectivity index (χ4v) is 3.59. The van der Waals surface area contributed by atoms with Crippen LogP contribution >= 0.6 is 11.8 Å². The molecule has 8 nitrogen and oxygen atoms in total. The normalized spacial score (nSPS) is 18.0. The molecule has 0 fully saturated rings. The topological polar surface area (TPSA) is 102 Å². The Kier molecular flexibility index (Phi) is 5.13. The first-order chi connectivity index (χ1) is 11.3. The summed E-state index contributed by atoms with van der Waals surface area (Å²) in [7, 11) is 3.15. The van der Waals surface area contributed by atoms with Crippen LogP contribution < -0.4 is 5.32 Å². The Morgan fingerprint density at radius 2 is 1.67 bits per heavy atom. The predicted octanol–water partition coefficient (Wildman–Crippen LogP) is 2.50. The van der Waals surface area contributed by atoms with Crippen LogP contribution in [0.5, 0.6) is 0 Å². The number of hydrogen-bond donors (Lipinski definition) is 1. The monoisotopic (exact) mass is 350 g/mol. The van der Waals surface area contributed by atoms with Gasteiger partial charge in [0.2, 0.25) is 0 Å². The Labute approximate surface area is 143 Å². The van der Waals surface area contributed by atoms with Crippen LogP contribution in [0.2, 0.25) is 0 Å². The van der Waals surface area contributed by atoms with E-state index in [0.29, 0.717) is 10.6 Å². The van der Waals surface area contributed by atoms with E-state index in [-0.39, 0.29) is 17.2 Å². The molecule has 1 aliphatic heterocycles. The Balaban J connectivity index is 2.81. The maximum absolute atomic E-state index is 11.7. The summed E-state index contributed by atoms with van der Waals surface area (Å²) >= 11 is 1.19. The number of benzene rings is 1. The van der Waals surface area contributed by atoms with Crippen LogP contribution in [-0.4, -0.2) is 35.1 Å². The zero-order valence-corrected chi connectivity index (χ0v) is 14.6. The third-order valence-corrected chi connectivity index (χ3v) is 4.75. The summed E-state index contributed by atoms with van der Waals surface area (Å²) < 4.78 is 0. The molecule has 0 aliphatic carbocycles. The summed E-state index contributed by atoms with van der Waals surface area (Å²) in [4.78, 5) is 23.8. The maximum Gasteiger partial charge on any atom is 0.304 e. The number of hydrogen-bond acceptors (Lipinski definition) is 7. The molecule has 1 aromatic carbocycles. The second-order valence-electron chi connectivity index (χ2n) is 5.30. The van der Waals surface area contributed by atoms with E-state index < -0.39 is 15.8 Å². The molecule has 0 aromatic heterocycles. The fraction of sp³-hybridized carbons (Fsp3) is 0.333. The first-order valence-electron chi connectivity index (χ1n) is 7.12. The molecule has 1 heterocycles. The molecule has 0 radical (unpaired) electrons. The molecule has 0 saturated carbocycles. The molecular formula is C15H18N4O4S. The van der Waals surface area contributed by atoms with Crippen LogP contribution in [0.4, 0.5) is 0 Å². The van der Waals surface area contributed by atoms with Gasteiger partial charge in [-0.3, -0.25) is 20.2 Å². The van der Waals surface area contributed by atoms with Crippen molar-refractivity contribution in [1.29, 1.82) is 0 Å². The van der Waals surface area contributed by atoms with E-state index in [1.165, 1.54) is 16.7 Å². The van der Waals surface area contributed by atoms with Gasteiger partial charge >= 0.3 is 5.70 Å². The van der Waals surface area contributed by atoms with Crippen molar-refractivity contribution in [2.24, 2.45) is 0 Å². The summed E-state index contributed by atoms with van der Waals surface area (Å²) in [6, 6.07) is 6.98. The van der Waals surface area contributed by atoms with Crippen molar-refractivity contribution >= 4 is 11.8 Å². The van der Waals surface area contributed by atoms with E-state index in [0.717, 1.165) is 5.56 Å². The second-order valence-corrected chi connectivity index (χ2v) is 6.09.